The molecule has 0 saturated heterocycles. The highest BCUT2D eigenvalue weighted by Crippen LogP contribution is 2.09. The summed E-state index contributed by atoms with van der Waals surface area (Å²) < 4.78 is 0. The van der Waals surface area contributed by atoms with Gasteiger partial charge in [0, 0.05) is 25.5 Å². The van der Waals surface area contributed by atoms with Gasteiger partial charge in [-0.3, -0.25) is 0 Å². The molecule has 0 fully saturated rings. The van der Waals surface area contributed by atoms with E-state index < -0.39 is 0 Å². The van der Waals surface area contributed by atoms with Gasteiger partial charge in [-0.15, -0.1) is 0 Å². The number of hydrogen-bond acceptors (Lipinski definition) is 2. The molecule has 2 nitrogen and oxygen atoms in total. The maximum Gasteiger partial charge on any atom is 0.0893 e. The molecule has 0 bridgehead atoms. The second kappa shape index (κ2) is 6.74. The van der Waals surface area contributed by atoms with Crippen LogP contribution in [-0.4, -0.2) is 29.6 Å². The molecule has 1 aliphatic rings. The van der Waals surface area contributed by atoms with Crippen LogP contribution in [0.4, 0.5) is 0 Å². The van der Waals surface area contributed by atoms with E-state index in [0.29, 0.717) is 0 Å². The summed E-state index contributed by atoms with van der Waals surface area (Å²) in [5, 5.41) is 0. The number of rotatable bonds is 7. The first-order valence-corrected chi connectivity index (χ1v) is 6.03. The van der Waals surface area contributed by atoms with Gasteiger partial charge in [0.1, 0.15) is 0 Å². The monoisotopic (exact) mass is 196 g/mol. The van der Waals surface area contributed by atoms with Gasteiger partial charge in [-0.05, 0) is 12.8 Å². The van der Waals surface area contributed by atoms with Crippen LogP contribution in [0.15, 0.2) is 12.4 Å². The molecule has 0 amide bonds. The minimum atomic E-state index is 1.11. The van der Waals surface area contributed by atoms with Gasteiger partial charge >= 0.3 is 0 Å². The van der Waals surface area contributed by atoms with E-state index >= 15 is 0 Å². The van der Waals surface area contributed by atoms with Crippen LogP contribution in [0.1, 0.15) is 46.0 Å². The Bertz CT molecular complexity index is 166. The van der Waals surface area contributed by atoms with Gasteiger partial charge in [-0.25, -0.2) is 0 Å². The molecule has 0 aromatic rings. The molecule has 2 heteroatoms. The van der Waals surface area contributed by atoms with Gasteiger partial charge in [-0.1, -0.05) is 33.1 Å². The predicted molar refractivity (Wildman–Crippen MR) is 61.9 cm³/mol. The first kappa shape index (κ1) is 11.4. The molecule has 1 heterocycles. The summed E-state index contributed by atoms with van der Waals surface area (Å²) in [7, 11) is 0. The molecular formula is C12H24N2. The molecule has 0 spiro atoms. The Morgan fingerprint density at radius 3 is 2.21 bits per heavy atom. The fraction of sp³-hybridized carbons (Fsp3) is 0.833. The average molecular weight is 196 g/mol. The zero-order valence-corrected chi connectivity index (χ0v) is 9.71. The van der Waals surface area contributed by atoms with Crippen molar-refractivity contribution in [2.24, 2.45) is 0 Å². The van der Waals surface area contributed by atoms with Crippen molar-refractivity contribution in [1.82, 2.24) is 9.80 Å². The fourth-order valence-electron chi connectivity index (χ4n) is 1.84. The molecule has 0 saturated carbocycles. The number of unbranched alkanes of at least 4 members (excludes halogenated alkanes) is 3. The summed E-state index contributed by atoms with van der Waals surface area (Å²) in [6, 6.07) is 0. The van der Waals surface area contributed by atoms with Crippen molar-refractivity contribution in [3.63, 3.8) is 0 Å². The van der Waals surface area contributed by atoms with Crippen LogP contribution < -0.4 is 0 Å². The third-order valence-electron chi connectivity index (χ3n) is 2.66. The molecule has 82 valence electrons. The fourth-order valence-corrected chi connectivity index (χ4v) is 1.84. The van der Waals surface area contributed by atoms with E-state index in [0.717, 1.165) is 6.67 Å². The Labute approximate surface area is 88.6 Å². The molecule has 0 N–H and O–H groups in total. The Balaban J connectivity index is 2.02. The maximum atomic E-state index is 2.42. The van der Waals surface area contributed by atoms with E-state index in [1.165, 1.54) is 45.2 Å². The Morgan fingerprint density at radius 1 is 0.857 bits per heavy atom. The van der Waals surface area contributed by atoms with Crippen LogP contribution in [0.3, 0.4) is 0 Å². The highest BCUT2D eigenvalue weighted by atomic mass is 15.3. The quantitative estimate of drug-likeness (QED) is 0.577. The van der Waals surface area contributed by atoms with E-state index in [2.05, 4.69) is 36.0 Å². The normalized spacial score (nSPS) is 15.6. The first-order valence-electron chi connectivity index (χ1n) is 6.03. The van der Waals surface area contributed by atoms with Crippen LogP contribution in [0, 0.1) is 0 Å². The van der Waals surface area contributed by atoms with Crippen molar-refractivity contribution in [3.8, 4) is 0 Å². The van der Waals surface area contributed by atoms with Gasteiger partial charge in [0.25, 0.3) is 0 Å². The van der Waals surface area contributed by atoms with Crippen molar-refractivity contribution in [3.05, 3.63) is 12.4 Å². The minimum Gasteiger partial charge on any atom is -0.359 e. The summed E-state index contributed by atoms with van der Waals surface area (Å²) in [5.74, 6) is 0. The topological polar surface area (TPSA) is 6.48 Å². The van der Waals surface area contributed by atoms with Gasteiger partial charge < -0.3 is 9.80 Å². The third kappa shape index (κ3) is 4.03. The second-order valence-electron chi connectivity index (χ2n) is 4.12. The van der Waals surface area contributed by atoms with Crippen LogP contribution in [0.5, 0.6) is 0 Å². The molecule has 1 aliphatic heterocycles. The zero-order valence-electron chi connectivity index (χ0n) is 9.71. The average Bonchev–Trinajstić information content (AvgIpc) is 2.61. The Hall–Kier alpha value is -0.660. The van der Waals surface area contributed by atoms with Gasteiger partial charge in [0.2, 0.25) is 0 Å². The Morgan fingerprint density at radius 2 is 1.57 bits per heavy atom. The summed E-state index contributed by atoms with van der Waals surface area (Å²) in [6.45, 7) is 8.04. The van der Waals surface area contributed by atoms with Crippen molar-refractivity contribution in [2.75, 3.05) is 19.8 Å². The summed E-state index contributed by atoms with van der Waals surface area (Å²) in [4.78, 5) is 4.81. The van der Waals surface area contributed by atoms with E-state index in [9.17, 15) is 0 Å². The van der Waals surface area contributed by atoms with Crippen LogP contribution >= 0.6 is 0 Å². The highest BCUT2D eigenvalue weighted by Gasteiger charge is 2.09. The molecule has 0 aromatic heterocycles. The molecule has 0 aromatic carbocycles. The molecule has 0 unspecified atom stereocenters. The first-order chi connectivity index (χ1) is 6.86. The van der Waals surface area contributed by atoms with E-state index in [4.69, 9.17) is 0 Å². The molecule has 0 atom stereocenters. The lowest BCUT2D eigenvalue weighted by Gasteiger charge is -2.20. The molecule has 1 rings (SSSR count). The van der Waals surface area contributed by atoms with Crippen molar-refractivity contribution in [2.45, 2.75) is 46.0 Å². The Kier molecular flexibility index (Phi) is 5.50. The molecular weight excluding hydrogens is 172 g/mol. The molecule has 0 radical (unpaired) electrons. The molecule has 14 heavy (non-hydrogen) atoms. The summed E-state index contributed by atoms with van der Waals surface area (Å²) in [5.41, 5.74) is 0. The largest absolute Gasteiger partial charge is 0.359 e. The summed E-state index contributed by atoms with van der Waals surface area (Å²) >= 11 is 0. The van der Waals surface area contributed by atoms with Gasteiger partial charge in [-0.2, -0.15) is 0 Å². The van der Waals surface area contributed by atoms with E-state index in [1.54, 1.807) is 0 Å². The van der Waals surface area contributed by atoms with Crippen LogP contribution in [0.25, 0.3) is 0 Å². The second-order valence-corrected chi connectivity index (χ2v) is 4.12. The van der Waals surface area contributed by atoms with E-state index in [-0.39, 0.29) is 0 Å². The highest BCUT2D eigenvalue weighted by molar-refractivity contribution is 4.89. The van der Waals surface area contributed by atoms with Gasteiger partial charge in [0.15, 0.2) is 0 Å². The minimum absolute atomic E-state index is 1.11. The lowest BCUT2D eigenvalue weighted by Crippen LogP contribution is -2.26. The molecule has 0 aliphatic carbocycles. The lowest BCUT2D eigenvalue weighted by atomic mass is 10.2. The zero-order chi connectivity index (χ0) is 10.2. The SMILES string of the molecule is CCCCCCN1C=CN(CCC)C1. The third-order valence-corrected chi connectivity index (χ3v) is 2.66. The number of hydrogen-bond donors (Lipinski definition) is 0. The summed E-state index contributed by atoms with van der Waals surface area (Å²) in [6.07, 6.45) is 11.2. The standard InChI is InChI=1S/C12H24N2/c1-3-5-6-7-9-14-11-10-13(12-14)8-4-2/h10-11H,3-9,12H2,1-2H3. The van der Waals surface area contributed by atoms with Gasteiger partial charge in [0.05, 0.1) is 6.67 Å². The van der Waals surface area contributed by atoms with Crippen molar-refractivity contribution < 1.29 is 0 Å². The van der Waals surface area contributed by atoms with Crippen LogP contribution in [0.2, 0.25) is 0 Å². The van der Waals surface area contributed by atoms with Crippen molar-refractivity contribution in [1.29, 1.82) is 0 Å². The lowest BCUT2D eigenvalue weighted by molar-refractivity contribution is 0.261. The predicted octanol–water partition coefficient (Wildman–Crippen LogP) is 3.02. The number of nitrogens with zero attached hydrogens (tertiary/aromatic N) is 2. The van der Waals surface area contributed by atoms with Crippen LogP contribution in [-0.2, 0) is 0 Å². The van der Waals surface area contributed by atoms with Crippen molar-refractivity contribution >= 4 is 0 Å². The van der Waals surface area contributed by atoms with E-state index in [1.807, 2.05) is 0 Å². The maximum absolute atomic E-state index is 2.42. The smallest absolute Gasteiger partial charge is 0.0893 e.